The summed E-state index contributed by atoms with van der Waals surface area (Å²) in [5.74, 6) is 1.00. The zero-order chi connectivity index (χ0) is 20.9. The predicted molar refractivity (Wildman–Crippen MR) is 114 cm³/mol. The van der Waals surface area contributed by atoms with Gasteiger partial charge in [-0.3, -0.25) is 9.59 Å². The predicted octanol–water partition coefficient (Wildman–Crippen LogP) is 3.55. The molecule has 1 aliphatic rings. The van der Waals surface area contributed by atoms with Gasteiger partial charge in [-0.15, -0.1) is 0 Å². The van der Waals surface area contributed by atoms with Crippen LogP contribution in [0.25, 0.3) is 5.69 Å². The molecule has 2 amide bonds. The molecule has 0 bridgehead atoms. The van der Waals surface area contributed by atoms with Crippen LogP contribution in [0.3, 0.4) is 0 Å². The Kier molecular flexibility index (Phi) is 5.79. The quantitative estimate of drug-likeness (QED) is 0.601. The number of anilines is 1. The van der Waals surface area contributed by atoms with Crippen molar-refractivity contribution in [2.24, 2.45) is 5.92 Å². The van der Waals surface area contributed by atoms with Crippen LogP contribution in [0.2, 0.25) is 0 Å². The van der Waals surface area contributed by atoms with E-state index in [2.05, 4.69) is 15.7 Å². The van der Waals surface area contributed by atoms with Crippen LogP contribution in [-0.4, -0.2) is 28.2 Å². The maximum absolute atomic E-state index is 12.7. The summed E-state index contributed by atoms with van der Waals surface area (Å²) in [6, 6.07) is 18.6. The van der Waals surface area contributed by atoms with Crippen molar-refractivity contribution < 1.29 is 14.3 Å². The third kappa shape index (κ3) is 4.68. The summed E-state index contributed by atoms with van der Waals surface area (Å²) in [5.41, 5.74) is 1.97. The molecule has 3 aromatic rings. The van der Waals surface area contributed by atoms with Gasteiger partial charge in [-0.25, -0.2) is 4.68 Å². The van der Waals surface area contributed by atoms with Gasteiger partial charge in [-0.1, -0.05) is 30.3 Å². The number of amides is 2. The molecule has 7 nitrogen and oxygen atoms in total. The Labute approximate surface area is 175 Å². The Balaban J connectivity index is 1.49. The van der Waals surface area contributed by atoms with Crippen LogP contribution in [-0.2, 0) is 11.3 Å². The van der Waals surface area contributed by atoms with Crippen LogP contribution in [0.1, 0.15) is 35.8 Å². The van der Waals surface area contributed by atoms with Gasteiger partial charge in [-0.2, -0.15) is 5.10 Å². The van der Waals surface area contributed by atoms with Gasteiger partial charge in [-0.05, 0) is 49.6 Å². The summed E-state index contributed by atoms with van der Waals surface area (Å²) >= 11 is 0. The highest BCUT2D eigenvalue weighted by molar-refractivity contribution is 5.97. The lowest BCUT2D eigenvalue weighted by Crippen LogP contribution is -2.23. The molecule has 1 fully saturated rings. The van der Waals surface area contributed by atoms with Crippen molar-refractivity contribution in [2.45, 2.75) is 26.3 Å². The van der Waals surface area contributed by atoms with Gasteiger partial charge in [0.1, 0.15) is 11.6 Å². The number of hydrogen-bond donors (Lipinski definition) is 2. The van der Waals surface area contributed by atoms with Crippen molar-refractivity contribution in [3.63, 3.8) is 0 Å². The van der Waals surface area contributed by atoms with E-state index in [1.807, 2.05) is 61.5 Å². The van der Waals surface area contributed by atoms with E-state index in [1.54, 1.807) is 10.7 Å². The summed E-state index contributed by atoms with van der Waals surface area (Å²) in [7, 11) is 0. The van der Waals surface area contributed by atoms with E-state index < -0.39 is 0 Å². The largest absolute Gasteiger partial charge is 0.494 e. The second-order valence-electron chi connectivity index (χ2n) is 7.19. The van der Waals surface area contributed by atoms with Crippen molar-refractivity contribution in [2.75, 3.05) is 11.9 Å². The molecule has 1 aliphatic carbocycles. The van der Waals surface area contributed by atoms with Gasteiger partial charge in [0.2, 0.25) is 5.91 Å². The van der Waals surface area contributed by atoms with Crippen LogP contribution in [0.4, 0.5) is 5.82 Å². The van der Waals surface area contributed by atoms with Crippen molar-refractivity contribution in [3.8, 4) is 11.4 Å². The lowest BCUT2D eigenvalue weighted by molar-refractivity contribution is -0.117. The summed E-state index contributed by atoms with van der Waals surface area (Å²) in [5, 5.41) is 10.2. The molecule has 1 saturated carbocycles. The van der Waals surface area contributed by atoms with Crippen molar-refractivity contribution >= 4 is 17.6 Å². The summed E-state index contributed by atoms with van der Waals surface area (Å²) in [6.45, 7) is 2.91. The van der Waals surface area contributed by atoms with E-state index in [9.17, 15) is 9.59 Å². The third-order valence-corrected chi connectivity index (χ3v) is 4.83. The first-order chi connectivity index (χ1) is 14.6. The molecule has 1 heterocycles. The number of aromatic nitrogens is 2. The number of nitrogens with one attached hydrogen (secondary N) is 2. The molecule has 30 heavy (non-hydrogen) atoms. The Bertz CT molecular complexity index is 1020. The Hall–Kier alpha value is -3.61. The smallest absolute Gasteiger partial charge is 0.272 e. The Morgan fingerprint density at radius 2 is 1.83 bits per heavy atom. The average molecular weight is 404 g/mol. The second-order valence-corrected chi connectivity index (χ2v) is 7.19. The van der Waals surface area contributed by atoms with Gasteiger partial charge < -0.3 is 15.4 Å². The van der Waals surface area contributed by atoms with Crippen molar-refractivity contribution in [1.82, 2.24) is 15.1 Å². The average Bonchev–Trinajstić information content (AvgIpc) is 3.54. The Morgan fingerprint density at radius 1 is 1.10 bits per heavy atom. The fourth-order valence-electron chi connectivity index (χ4n) is 3.06. The topological polar surface area (TPSA) is 85.3 Å². The molecule has 0 aliphatic heterocycles. The number of ether oxygens (including phenoxy) is 1. The molecule has 2 aromatic carbocycles. The van der Waals surface area contributed by atoms with Gasteiger partial charge in [0, 0.05) is 18.5 Å². The van der Waals surface area contributed by atoms with Crippen LogP contribution in [0.15, 0.2) is 60.7 Å². The standard InChI is InChI=1S/C23H24N4O3/c1-2-30-19-12-8-16(9-13-19)15-24-23(29)20-14-21(25-22(28)17-10-11-17)27(26-20)18-6-4-3-5-7-18/h3-9,12-14,17H,2,10-11,15H2,1H3,(H,24,29)(H,25,28). The lowest BCUT2D eigenvalue weighted by Gasteiger charge is -2.08. The van der Waals surface area contributed by atoms with Crippen molar-refractivity contribution in [1.29, 1.82) is 0 Å². The van der Waals surface area contributed by atoms with Gasteiger partial charge in [0.15, 0.2) is 5.69 Å². The molecule has 7 heteroatoms. The molecule has 1 aromatic heterocycles. The SMILES string of the molecule is CCOc1ccc(CNC(=O)c2cc(NC(=O)C3CC3)n(-c3ccccc3)n2)cc1. The summed E-state index contributed by atoms with van der Waals surface area (Å²) in [4.78, 5) is 25.0. The molecule has 0 atom stereocenters. The summed E-state index contributed by atoms with van der Waals surface area (Å²) in [6.07, 6.45) is 1.81. The zero-order valence-electron chi connectivity index (χ0n) is 16.8. The van der Waals surface area contributed by atoms with E-state index in [4.69, 9.17) is 4.74 Å². The van der Waals surface area contributed by atoms with Crippen molar-refractivity contribution in [3.05, 3.63) is 71.9 Å². The first kappa shape index (κ1) is 19.7. The van der Waals surface area contributed by atoms with E-state index in [-0.39, 0.29) is 23.4 Å². The van der Waals surface area contributed by atoms with E-state index in [0.717, 1.165) is 29.8 Å². The minimum atomic E-state index is -0.305. The first-order valence-electron chi connectivity index (χ1n) is 10.1. The fourth-order valence-corrected chi connectivity index (χ4v) is 3.06. The monoisotopic (exact) mass is 404 g/mol. The highest BCUT2D eigenvalue weighted by Crippen LogP contribution is 2.30. The number of benzene rings is 2. The highest BCUT2D eigenvalue weighted by Gasteiger charge is 2.30. The number of carbonyl (C=O) groups excluding carboxylic acids is 2. The molecular formula is C23H24N4O3. The second kappa shape index (κ2) is 8.82. The molecule has 154 valence electrons. The third-order valence-electron chi connectivity index (χ3n) is 4.83. The molecule has 0 saturated heterocycles. The van der Waals surface area contributed by atoms with E-state index in [1.165, 1.54) is 0 Å². The maximum atomic E-state index is 12.7. The number of rotatable bonds is 8. The minimum Gasteiger partial charge on any atom is -0.494 e. The number of para-hydroxylation sites is 1. The molecule has 0 spiro atoms. The highest BCUT2D eigenvalue weighted by atomic mass is 16.5. The minimum absolute atomic E-state index is 0.0339. The molecular weight excluding hydrogens is 380 g/mol. The van der Waals surface area contributed by atoms with Crippen LogP contribution < -0.4 is 15.4 Å². The molecule has 0 unspecified atom stereocenters. The molecule has 2 N–H and O–H groups in total. The zero-order valence-corrected chi connectivity index (χ0v) is 16.8. The number of carbonyl (C=O) groups is 2. The molecule has 0 radical (unpaired) electrons. The summed E-state index contributed by atoms with van der Waals surface area (Å²) < 4.78 is 7.02. The van der Waals surface area contributed by atoms with Gasteiger partial charge >= 0.3 is 0 Å². The van der Waals surface area contributed by atoms with Crippen LogP contribution in [0, 0.1) is 5.92 Å². The lowest BCUT2D eigenvalue weighted by atomic mass is 10.2. The van der Waals surface area contributed by atoms with Crippen LogP contribution >= 0.6 is 0 Å². The van der Waals surface area contributed by atoms with Crippen LogP contribution in [0.5, 0.6) is 5.75 Å². The van der Waals surface area contributed by atoms with E-state index >= 15 is 0 Å². The first-order valence-corrected chi connectivity index (χ1v) is 10.1. The maximum Gasteiger partial charge on any atom is 0.272 e. The van der Waals surface area contributed by atoms with E-state index in [0.29, 0.717) is 19.0 Å². The molecule has 4 rings (SSSR count). The number of hydrogen-bond acceptors (Lipinski definition) is 4. The van der Waals surface area contributed by atoms with Gasteiger partial charge in [0.05, 0.1) is 12.3 Å². The van der Waals surface area contributed by atoms with Gasteiger partial charge in [0.25, 0.3) is 5.91 Å². The number of nitrogens with zero attached hydrogens (tertiary/aromatic N) is 2. The fraction of sp³-hybridized carbons (Fsp3) is 0.261. The Morgan fingerprint density at radius 3 is 2.50 bits per heavy atom. The normalized spacial score (nSPS) is 13.0.